The predicted octanol–water partition coefficient (Wildman–Crippen LogP) is 1.50. The molecular formula is C17H27N3O. The molecule has 1 aliphatic rings. The number of nitrogens with two attached hydrogens (primary N) is 1. The smallest absolute Gasteiger partial charge is 0.239 e. The summed E-state index contributed by atoms with van der Waals surface area (Å²) in [6, 6.07) is 9.80. The van der Waals surface area contributed by atoms with Crippen LogP contribution in [0.25, 0.3) is 0 Å². The lowest BCUT2D eigenvalue weighted by Gasteiger charge is -2.24. The average molecular weight is 289 g/mol. The minimum atomic E-state index is -0.395. The van der Waals surface area contributed by atoms with Crippen LogP contribution >= 0.6 is 0 Å². The Bertz CT molecular complexity index is 429. The largest absolute Gasteiger partial charge is 0.343 e. The number of rotatable bonds is 7. The van der Waals surface area contributed by atoms with Crippen LogP contribution in [0.1, 0.15) is 24.8 Å². The van der Waals surface area contributed by atoms with Crippen molar-refractivity contribution in [3.05, 3.63) is 35.9 Å². The highest BCUT2D eigenvalue weighted by molar-refractivity contribution is 5.81. The third kappa shape index (κ3) is 5.14. The van der Waals surface area contributed by atoms with Crippen LogP contribution in [0.4, 0.5) is 0 Å². The van der Waals surface area contributed by atoms with E-state index >= 15 is 0 Å². The molecule has 116 valence electrons. The van der Waals surface area contributed by atoms with Crippen LogP contribution in [0.15, 0.2) is 30.3 Å². The second kappa shape index (κ2) is 8.15. The summed E-state index contributed by atoms with van der Waals surface area (Å²) in [7, 11) is 1.86. The zero-order chi connectivity index (χ0) is 15.1. The van der Waals surface area contributed by atoms with Gasteiger partial charge in [-0.25, -0.2) is 0 Å². The molecule has 0 saturated carbocycles. The maximum Gasteiger partial charge on any atom is 0.239 e. The summed E-state index contributed by atoms with van der Waals surface area (Å²) in [5.41, 5.74) is 7.28. The van der Waals surface area contributed by atoms with Crippen molar-refractivity contribution in [3.8, 4) is 0 Å². The number of amides is 1. The Kier molecular flexibility index (Phi) is 6.21. The van der Waals surface area contributed by atoms with Crippen LogP contribution in [0.3, 0.4) is 0 Å². The molecule has 1 amide bonds. The number of aryl methyl sites for hydroxylation is 1. The van der Waals surface area contributed by atoms with Crippen molar-refractivity contribution in [2.75, 3.05) is 33.2 Å². The molecule has 1 unspecified atom stereocenters. The summed E-state index contributed by atoms with van der Waals surface area (Å²) < 4.78 is 0. The van der Waals surface area contributed by atoms with E-state index in [0.29, 0.717) is 6.42 Å². The van der Waals surface area contributed by atoms with E-state index in [-0.39, 0.29) is 5.91 Å². The van der Waals surface area contributed by atoms with Gasteiger partial charge in [0.2, 0.25) is 5.91 Å². The quantitative estimate of drug-likeness (QED) is 0.827. The molecule has 1 fully saturated rings. The van der Waals surface area contributed by atoms with E-state index < -0.39 is 6.04 Å². The van der Waals surface area contributed by atoms with Gasteiger partial charge in [0.25, 0.3) is 0 Å². The molecule has 1 atom stereocenters. The number of nitrogens with zero attached hydrogens (tertiary/aromatic N) is 2. The maximum atomic E-state index is 12.3. The number of hydrogen-bond donors (Lipinski definition) is 1. The first kappa shape index (κ1) is 16.0. The first-order valence-electron chi connectivity index (χ1n) is 7.93. The lowest BCUT2D eigenvalue weighted by Crippen LogP contribution is -2.44. The summed E-state index contributed by atoms with van der Waals surface area (Å²) in [6.07, 6.45) is 4.13. The Morgan fingerprint density at radius 2 is 1.95 bits per heavy atom. The fraction of sp³-hybridized carbons (Fsp3) is 0.588. The topological polar surface area (TPSA) is 49.6 Å². The molecule has 0 spiro atoms. The zero-order valence-corrected chi connectivity index (χ0v) is 13.0. The van der Waals surface area contributed by atoms with Crippen molar-refractivity contribution in [2.45, 2.75) is 31.7 Å². The molecule has 1 heterocycles. The van der Waals surface area contributed by atoms with E-state index in [2.05, 4.69) is 17.0 Å². The number of benzene rings is 1. The maximum absolute atomic E-state index is 12.3. The predicted molar refractivity (Wildman–Crippen MR) is 86.0 cm³/mol. The summed E-state index contributed by atoms with van der Waals surface area (Å²) in [4.78, 5) is 16.5. The van der Waals surface area contributed by atoms with E-state index in [1.165, 1.54) is 31.5 Å². The number of likely N-dealkylation sites (tertiary alicyclic amines) is 1. The van der Waals surface area contributed by atoms with Gasteiger partial charge < -0.3 is 15.5 Å². The second-order valence-corrected chi connectivity index (χ2v) is 5.94. The monoisotopic (exact) mass is 289 g/mol. The third-order valence-corrected chi connectivity index (χ3v) is 4.23. The van der Waals surface area contributed by atoms with E-state index in [9.17, 15) is 4.79 Å². The van der Waals surface area contributed by atoms with Crippen molar-refractivity contribution in [1.29, 1.82) is 0 Å². The number of carbonyl (C=O) groups is 1. The van der Waals surface area contributed by atoms with Crippen LogP contribution in [0, 0.1) is 0 Å². The molecule has 1 aromatic rings. The SMILES string of the molecule is CN(CCN1CCCC1)C(=O)C(N)CCc1ccccc1. The molecule has 0 bridgehead atoms. The molecule has 1 saturated heterocycles. The molecule has 4 heteroatoms. The van der Waals surface area contributed by atoms with Crippen LogP contribution in [0.5, 0.6) is 0 Å². The first-order chi connectivity index (χ1) is 10.2. The first-order valence-corrected chi connectivity index (χ1v) is 7.93. The molecule has 1 aromatic carbocycles. The van der Waals surface area contributed by atoms with Gasteiger partial charge in [-0.1, -0.05) is 30.3 Å². The summed E-state index contributed by atoms with van der Waals surface area (Å²) in [5, 5.41) is 0. The molecule has 21 heavy (non-hydrogen) atoms. The molecular weight excluding hydrogens is 262 g/mol. The van der Waals surface area contributed by atoms with Gasteiger partial charge in [-0.3, -0.25) is 4.79 Å². The lowest BCUT2D eigenvalue weighted by atomic mass is 10.1. The highest BCUT2D eigenvalue weighted by Gasteiger charge is 2.19. The van der Waals surface area contributed by atoms with Gasteiger partial charge in [-0.2, -0.15) is 0 Å². The number of likely N-dealkylation sites (N-methyl/N-ethyl adjacent to an activating group) is 1. The van der Waals surface area contributed by atoms with E-state index in [1.807, 2.05) is 25.2 Å². The molecule has 1 aliphatic heterocycles. The van der Waals surface area contributed by atoms with Crippen LogP contribution < -0.4 is 5.73 Å². The van der Waals surface area contributed by atoms with Crippen molar-refractivity contribution in [3.63, 3.8) is 0 Å². The standard InChI is InChI=1S/C17H27N3O/c1-19(13-14-20-11-5-6-12-20)17(21)16(18)10-9-15-7-3-2-4-8-15/h2-4,7-8,16H,5-6,9-14,18H2,1H3. The van der Waals surface area contributed by atoms with Crippen molar-refractivity contribution in [1.82, 2.24) is 9.80 Å². The van der Waals surface area contributed by atoms with E-state index in [1.54, 1.807) is 4.90 Å². The normalized spacial score (nSPS) is 16.9. The van der Waals surface area contributed by atoms with Crippen LogP contribution in [0.2, 0.25) is 0 Å². The Morgan fingerprint density at radius 3 is 2.62 bits per heavy atom. The van der Waals surface area contributed by atoms with Gasteiger partial charge in [0.15, 0.2) is 0 Å². The molecule has 4 nitrogen and oxygen atoms in total. The van der Waals surface area contributed by atoms with Gasteiger partial charge in [0, 0.05) is 20.1 Å². The van der Waals surface area contributed by atoms with Crippen molar-refractivity contribution in [2.24, 2.45) is 5.73 Å². The molecule has 0 radical (unpaired) electrons. The Labute approximate surface area is 127 Å². The summed E-state index contributed by atoms with van der Waals surface area (Å²) in [6.45, 7) is 4.08. The Balaban J connectivity index is 1.70. The fourth-order valence-corrected chi connectivity index (χ4v) is 2.78. The molecule has 0 aromatic heterocycles. The molecule has 2 rings (SSSR count). The number of hydrogen-bond acceptors (Lipinski definition) is 3. The number of carbonyl (C=O) groups excluding carboxylic acids is 1. The van der Waals surface area contributed by atoms with Crippen LogP contribution in [-0.4, -0.2) is 55.0 Å². The zero-order valence-electron chi connectivity index (χ0n) is 13.0. The van der Waals surface area contributed by atoms with Gasteiger partial charge in [-0.15, -0.1) is 0 Å². The molecule has 0 aliphatic carbocycles. The highest BCUT2D eigenvalue weighted by Crippen LogP contribution is 2.08. The van der Waals surface area contributed by atoms with Gasteiger partial charge in [0.1, 0.15) is 0 Å². The van der Waals surface area contributed by atoms with E-state index in [0.717, 1.165) is 19.5 Å². The van der Waals surface area contributed by atoms with Gasteiger partial charge >= 0.3 is 0 Å². The summed E-state index contributed by atoms with van der Waals surface area (Å²) in [5.74, 6) is 0.0603. The van der Waals surface area contributed by atoms with E-state index in [4.69, 9.17) is 5.73 Å². The summed E-state index contributed by atoms with van der Waals surface area (Å²) >= 11 is 0. The van der Waals surface area contributed by atoms with Crippen molar-refractivity contribution >= 4 is 5.91 Å². The van der Waals surface area contributed by atoms with Crippen molar-refractivity contribution < 1.29 is 4.79 Å². The van der Waals surface area contributed by atoms with Crippen LogP contribution in [-0.2, 0) is 11.2 Å². The third-order valence-electron chi connectivity index (χ3n) is 4.23. The Hall–Kier alpha value is -1.39. The minimum absolute atomic E-state index is 0.0603. The molecule has 2 N–H and O–H groups in total. The fourth-order valence-electron chi connectivity index (χ4n) is 2.78. The average Bonchev–Trinajstić information content (AvgIpc) is 3.04. The highest BCUT2D eigenvalue weighted by atomic mass is 16.2. The minimum Gasteiger partial charge on any atom is -0.343 e. The lowest BCUT2D eigenvalue weighted by molar-refractivity contribution is -0.131. The Morgan fingerprint density at radius 1 is 1.29 bits per heavy atom. The van der Waals surface area contributed by atoms with Gasteiger partial charge in [0.05, 0.1) is 6.04 Å². The second-order valence-electron chi connectivity index (χ2n) is 5.94. The van der Waals surface area contributed by atoms with Gasteiger partial charge in [-0.05, 0) is 44.3 Å².